The minimum atomic E-state index is -0.824. The number of aliphatic hydroxyl groups excluding tert-OH is 1. The Morgan fingerprint density at radius 2 is 2.28 bits per heavy atom. The summed E-state index contributed by atoms with van der Waals surface area (Å²) >= 11 is 0. The van der Waals surface area contributed by atoms with Gasteiger partial charge < -0.3 is 10.4 Å². The molecule has 0 aliphatic carbocycles. The number of hydrogen-bond acceptors (Lipinski definition) is 4. The van der Waals surface area contributed by atoms with Crippen LogP contribution in [0, 0.1) is 15.9 Å². The minimum absolute atomic E-state index is 0.165. The van der Waals surface area contributed by atoms with Crippen LogP contribution >= 0.6 is 0 Å². The maximum Gasteiger partial charge on any atom is 0.270 e. The molecule has 0 saturated heterocycles. The first-order valence-corrected chi connectivity index (χ1v) is 5.32. The van der Waals surface area contributed by atoms with Crippen molar-refractivity contribution >= 4 is 11.6 Å². The number of nitrogens with one attached hydrogen (secondary N) is 1. The van der Waals surface area contributed by atoms with E-state index in [1.807, 2.05) is 0 Å². The van der Waals surface area contributed by atoms with Crippen molar-refractivity contribution < 1.29 is 19.2 Å². The number of nitro groups is 1. The first kappa shape index (κ1) is 14.0. The van der Waals surface area contributed by atoms with Crippen LogP contribution in [-0.2, 0) is 0 Å². The van der Waals surface area contributed by atoms with Gasteiger partial charge >= 0.3 is 0 Å². The molecule has 1 aromatic rings. The van der Waals surface area contributed by atoms with Crippen molar-refractivity contribution in [2.24, 2.45) is 0 Å². The molecule has 7 heteroatoms. The number of benzene rings is 1. The summed E-state index contributed by atoms with van der Waals surface area (Å²) in [5.41, 5.74) is -0.730. The van der Waals surface area contributed by atoms with Crippen molar-refractivity contribution in [3.05, 3.63) is 39.7 Å². The predicted molar refractivity (Wildman–Crippen MR) is 61.7 cm³/mol. The fraction of sp³-hybridized carbons (Fsp3) is 0.364. The number of halogens is 1. The molecule has 2 N–H and O–H groups in total. The highest BCUT2D eigenvalue weighted by atomic mass is 19.1. The van der Waals surface area contributed by atoms with Gasteiger partial charge in [-0.05, 0) is 19.4 Å². The zero-order valence-corrected chi connectivity index (χ0v) is 9.72. The lowest BCUT2D eigenvalue weighted by Gasteiger charge is -2.07. The van der Waals surface area contributed by atoms with Crippen LogP contribution in [-0.4, -0.2) is 28.6 Å². The Morgan fingerprint density at radius 3 is 2.83 bits per heavy atom. The largest absolute Gasteiger partial charge is 0.393 e. The normalized spacial score (nSPS) is 11.9. The molecule has 1 amide bonds. The van der Waals surface area contributed by atoms with E-state index in [1.165, 1.54) is 0 Å². The number of carbonyl (C=O) groups excluding carboxylic acids is 1. The average Bonchev–Trinajstić information content (AvgIpc) is 2.28. The zero-order valence-electron chi connectivity index (χ0n) is 9.72. The topological polar surface area (TPSA) is 92.5 Å². The van der Waals surface area contributed by atoms with Crippen LogP contribution in [0.3, 0.4) is 0 Å². The maximum atomic E-state index is 13.3. The number of hydrogen-bond donors (Lipinski definition) is 2. The van der Waals surface area contributed by atoms with Crippen molar-refractivity contribution in [1.29, 1.82) is 0 Å². The highest BCUT2D eigenvalue weighted by Gasteiger charge is 2.16. The monoisotopic (exact) mass is 256 g/mol. The molecule has 0 bridgehead atoms. The third kappa shape index (κ3) is 3.77. The Balaban J connectivity index is 2.78. The molecule has 0 saturated carbocycles. The summed E-state index contributed by atoms with van der Waals surface area (Å²) in [7, 11) is 0. The number of carbonyl (C=O) groups is 1. The quantitative estimate of drug-likeness (QED) is 0.612. The molecule has 0 fully saturated rings. The summed E-state index contributed by atoms with van der Waals surface area (Å²) in [5, 5.41) is 21.9. The van der Waals surface area contributed by atoms with E-state index in [2.05, 4.69) is 5.32 Å². The Morgan fingerprint density at radius 1 is 1.61 bits per heavy atom. The zero-order chi connectivity index (χ0) is 13.7. The van der Waals surface area contributed by atoms with Crippen LogP contribution in [0.1, 0.15) is 23.7 Å². The third-order valence-electron chi connectivity index (χ3n) is 2.25. The van der Waals surface area contributed by atoms with Crippen LogP contribution in [0.5, 0.6) is 0 Å². The summed E-state index contributed by atoms with van der Waals surface area (Å²) < 4.78 is 13.3. The molecular weight excluding hydrogens is 243 g/mol. The van der Waals surface area contributed by atoms with E-state index >= 15 is 0 Å². The molecule has 0 spiro atoms. The molecule has 18 heavy (non-hydrogen) atoms. The van der Waals surface area contributed by atoms with E-state index in [0.717, 1.165) is 18.2 Å². The molecule has 1 atom stereocenters. The van der Waals surface area contributed by atoms with Crippen molar-refractivity contribution in [2.45, 2.75) is 19.4 Å². The van der Waals surface area contributed by atoms with Crippen molar-refractivity contribution in [1.82, 2.24) is 5.32 Å². The van der Waals surface area contributed by atoms with E-state index in [1.54, 1.807) is 6.92 Å². The van der Waals surface area contributed by atoms with E-state index in [-0.39, 0.29) is 17.8 Å². The lowest BCUT2D eigenvalue weighted by Crippen LogP contribution is -2.27. The van der Waals surface area contributed by atoms with Gasteiger partial charge in [0.2, 0.25) is 0 Å². The van der Waals surface area contributed by atoms with Crippen molar-refractivity contribution in [3.63, 3.8) is 0 Å². The van der Waals surface area contributed by atoms with Crippen LogP contribution in [0.15, 0.2) is 18.2 Å². The predicted octanol–water partition coefficient (Wildman–Crippen LogP) is 1.23. The molecule has 0 heterocycles. The molecule has 6 nitrogen and oxygen atoms in total. The number of nitro benzene ring substituents is 1. The number of non-ortho nitro benzene ring substituents is 1. The molecule has 0 radical (unpaired) electrons. The Hall–Kier alpha value is -2.02. The second-order valence-electron chi connectivity index (χ2n) is 3.81. The summed E-state index contributed by atoms with van der Waals surface area (Å²) in [6.45, 7) is 1.72. The number of rotatable bonds is 5. The second-order valence-corrected chi connectivity index (χ2v) is 3.81. The van der Waals surface area contributed by atoms with Crippen LogP contribution in [0.4, 0.5) is 10.1 Å². The average molecular weight is 256 g/mol. The molecule has 0 aliphatic rings. The molecule has 0 aromatic heterocycles. The molecular formula is C11H13FN2O4. The highest BCUT2D eigenvalue weighted by molar-refractivity contribution is 5.95. The number of nitrogens with zero attached hydrogens (tertiary/aromatic N) is 1. The van der Waals surface area contributed by atoms with E-state index in [4.69, 9.17) is 5.11 Å². The van der Waals surface area contributed by atoms with Gasteiger partial charge in [0.25, 0.3) is 11.6 Å². The SMILES string of the molecule is CC(O)CCNC(=O)c1cc([N+](=O)[O-])ccc1F. The number of aliphatic hydroxyl groups is 1. The summed E-state index contributed by atoms with van der Waals surface area (Å²) in [5.74, 6) is -1.56. The van der Waals surface area contributed by atoms with Crippen LogP contribution in [0.25, 0.3) is 0 Å². The van der Waals surface area contributed by atoms with Crippen molar-refractivity contribution in [2.75, 3.05) is 6.54 Å². The van der Waals surface area contributed by atoms with Gasteiger partial charge in [0.05, 0.1) is 16.6 Å². The fourth-order valence-electron chi connectivity index (χ4n) is 1.29. The molecule has 1 rings (SSSR count). The third-order valence-corrected chi connectivity index (χ3v) is 2.25. The molecule has 0 aliphatic heterocycles. The number of amides is 1. The van der Waals surface area contributed by atoms with Gasteiger partial charge in [-0.25, -0.2) is 4.39 Å². The second kappa shape index (κ2) is 6.06. The van der Waals surface area contributed by atoms with Gasteiger partial charge in [0, 0.05) is 18.7 Å². The molecule has 1 unspecified atom stereocenters. The summed E-state index contributed by atoms with van der Waals surface area (Å²) in [6, 6.07) is 2.75. The molecule has 98 valence electrons. The smallest absolute Gasteiger partial charge is 0.270 e. The Labute approximate surface area is 103 Å². The van der Waals surface area contributed by atoms with E-state index < -0.39 is 22.8 Å². The standard InChI is InChI=1S/C11H13FN2O4/c1-7(15)4-5-13-11(16)9-6-8(14(17)18)2-3-10(9)12/h2-3,6-7,15H,4-5H2,1H3,(H,13,16). The van der Waals surface area contributed by atoms with Gasteiger partial charge in [-0.2, -0.15) is 0 Å². The lowest BCUT2D eigenvalue weighted by atomic mass is 10.1. The summed E-state index contributed by atoms with van der Waals surface area (Å²) in [6.07, 6.45) is -0.261. The fourth-order valence-corrected chi connectivity index (χ4v) is 1.29. The van der Waals surface area contributed by atoms with Crippen LogP contribution in [0.2, 0.25) is 0 Å². The Bertz CT molecular complexity index is 462. The first-order chi connectivity index (χ1) is 8.41. The van der Waals surface area contributed by atoms with Gasteiger partial charge in [0.1, 0.15) is 5.82 Å². The van der Waals surface area contributed by atoms with E-state index in [0.29, 0.717) is 6.42 Å². The van der Waals surface area contributed by atoms with E-state index in [9.17, 15) is 19.3 Å². The van der Waals surface area contributed by atoms with Gasteiger partial charge in [0.15, 0.2) is 0 Å². The molecule has 1 aromatic carbocycles. The van der Waals surface area contributed by atoms with Crippen LogP contribution < -0.4 is 5.32 Å². The highest BCUT2D eigenvalue weighted by Crippen LogP contribution is 2.16. The Kier molecular flexibility index (Phi) is 4.73. The first-order valence-electron chi connectivity index (χ1n) is 5.32. The van der Waals surface area contributed by atoms with Gasteiger partial charge in [-0.15, -0.1) is 0 Å². The van der Waals surface area contributed by atoms with Gasteiger partial charge in [-0.1, -0.05) is 0 Å². The summed E-state index contributed by atoms with van der Waals surface area (Å²) in [4.78, 5) is 21.4. The van der Waals surface area contributed by atoms with Crippen molar-refractivity contribution in [3.8, 4) is 0 Å². The maximum absolute atomic E-state index is 13.3. The van der Waals surface area contributed by atoms with Gasteiger partial charge in [-0.3, -0.25) is 14.9 Å². The minimum Gasteiger partial charge on any atom is -0.393 e. The lowest BCUT2D eigenvalue weighted by molar-refractivity contribution is -0.384.